The zero-order valence-corrected chi connectivity index (χ0v) is 19.5. The highest BCUT2D eigenvalue weighted by Gasteiger charge is 2.28. The van der Waals surface area contributed by atoms with Crippen LogP contribution in [0, 0.1) is 5.82 Å². The molecule has 0 aliphatic heterocycles. The Kier molecular flexibility index (Phi) is 7.64. The number of halogens is 1. The van der Waals surface area contributed by atoms with E-state index in [4.69, 9.17) is 9.47 Å². The first-order valence-corrected chi connectivity index (χ1v) is 11.5. The molecule has 1 N–H and O–H groups in total. The van der Waals surface area contributed by atoms with Crippen LogP contribution in [0.5, 0.6) is 5.75 Å². The van der Waals surface area contributed by atoms with Gasteiger partial charge in [-0.05, 0) is 42.5 Å². The van der Waals surface area contributed by atoms with Crippen molar-refractivity contribution in [1.82, 2.24) is 4.31 Å². The van der Waals surface area contributed by atoms with E-state index < -0.39 is 33.8 Å². The first-order chi connectivity index (χ1) is 16.1. The lowest BCUT2D eigenvalue weighted by Crippen LogP contribution is -2.26. The number of sulfonamides is 1. The Hall–Kier alpha value is -3.76. The van der Waals surface area contributed by atoms with E-state index in [1.807, 2.05) is 0 Å². The Balaban J connectivity index is 1.93. The minimum atomic E-state index is -3.93. The molecule has 178 valence electrons. The van der Waals surface area contributed by atoms with Crippen LogP contribution in [0.2, 0.25) is 0 Å². The minimum Gasteiger partial charge on any atom is -0.495 e. The largest absolute Gasteiger partial charge is 0.495 e. The van der Waals surface area contributed by atoms with Crippen molar-refractivity contribution in [3.05, 3.63) is 89.7 Å². The highest BCUT2D eigenvalue weighted by atomic mass is 32.2. The molecule has 3 rings (SSSR count). The van der Waals surface area contributed by atoms with E-state index in [0.717, 1.165) is 10.4 Å². The van der Waals surface area contributed by atoms with E-state index in [1.54, 1.807) is 30.3 Å². The SMILES string of the molecule is COc1ccc(C(=O)OC(C(=O)Nc2ccc(F)cc2)c2ccccc2)cc1S(=O)(=O)N(C)C. The number of methoxy groups -OCH3 is 1. The predicted molar refractivity (Wildman–Crippen MR) is 123 cm³/mol. The van der Waals surface area contributed by atoms with Gasteiger partial charge in [-0.2, -0.15) is 0 Å². The summed E-state index contributed by atoms with van der Waals surface area (Å²) in [7, 11) is 0.0909. The number of hydrogen-bond acceptors (Lipinski definition) is 6. The fourth-order valence-corrected chi connectivity index (χ4v) is 4.09. The molecular weight excluding hydrogens is 463 g/mol. The molecule has 0 radical (unpaired) electrons. The number of amides is 1. The molecule has 0 heterocycles. The molecule has 0 saturated carbocycles. The second-order valence-corrected chi connectivity index (χ2v) is 9.47. The van der Waals surface area contributed by atoms with Crippen LogP contribution in [0.1, 0.15) is 22.0 Å². The molecule has 34 heavy (non-hydrogen) atoms. The molecule has 8 nitrogen and oxygen atoms in total. The molecule has 0 spiro atoms. The van der Waals surface area contributed by atoms with Gasteiger partial charge in [0.25, 0.3) is 5.91 Å². The van der Waals surface area contributed by atoms with Gasteiger partial charge in [0.05, 0.1) is 12.7 Å². The van der Waals surface area contributed by atoms with Crippen molar-refractivity contribution in [2.45, 2.75) is 11.0 Å². The Bertz CT molecular complexity index is 1280. The van der Waals surface area contributed by atoms with E-state index in [-0.39, 0.29) is 16.2 Å². The molecule has 1 atom stereocenters. The van der Waals surface area contributed by atoms with Crippen LogP contribution in [0.25, 0.3) is 0 Å². The van der Waals surface area contributed by atoms with Crippen molar-refractivity contribution >= 4 is 27.6 Å². The lowest BCUT2D eigenvalue weighted by molar-refractivity contribution is -0.125. The van der Waals surface area contributed by atoms with Crippen molar-refractivity contribution < 1.29 is 31.9 Å². The lowest BCUT2D eigenvalue weighted by Gasteiger charge is -2.19. The molecule has 0 bridgehead atoms. The second-order valence-electron chi connectivity index (χ2n) is 7.35. The number of rotatable bonds is 8. The van der Waals surface area contributed by atoms with Gasteiger partial charge in [-0.1, -0.05) is 30.3 Å². The number of carbonyl (C=O) groups is 2. The van der Waals surface area contributed by atoms with E-state index in [2.05, 4.69) is 5.32 Å². The van der Waals surface area contributed by atoms with Crippen molar-refractivity contribution in [1.29, 1.82) is 0 Å². The van der Waals surface area contributed by atoms with Gasteiger partial charge in [-0.3, -0.25) is 4.79 Å². The molecule has 1 amide bonds. The zero-order chi connectivity index (χ0) is 24.9. The Morgan fingerprint density at radius 1 is 0.971 bits per heavy atom. The van der Waals surface area contributed by atoms with Crippen molar-refractivity contribution in [2.75, 3.05) is 26.5 Å². The molecule has 3 aromatic rings. The number of nitrogens with zero attached hydrogens (tertiary/aromatic N) is 1. The monoisotopic (exact) mass is 486 g/mol. The average Bonchev–Trinajstić information content (AvgIpc) is 2.83. The first kappa shape index (κ1) is 24.9. The van der Waals surface area contributed by atoms with Crippen LogP contribution >= 0.6 is 0 Å². The average molecular weight is 487 g/mol. The van der Waals surface area contributed by atoms with Crippen molar-refractivity contribution in [3.8, 4) is 5.75 Å². The number of esters is 1. The topological polar surface area (TPSA) is 102 Å². The lowest BCUT2D eigenvalue weighted by atomic mass is 10.1. The number of hydrogen-bond donors (Lipinski definition) is 1. The normalized spacial score (nSPS) is 12.1. The predicted octanol–water partition coefficient (Wildman–Crippen LogP) is 3.62. The summed E-state index contributed by atoms with van der Waals surface area (Å²) in [5, 5.41) is 2.59. The van der Waals surface area contributed by atoms with Crippen LogP contribution < -0.4 is 10.1 Å². The molecular formula is C24H23FN2O6S. The summed E-state index contributed by atoms with van der Waals surface area (Å²) in [5.74, 6) is -1.99. The van der Waals surface area contributed by atoms with Crippen LogP contribution in [-0.4, -0.2) is 45.8 Å². The van der Waals surface area contributed by atoms with Gasteiger partial charge in [0.1, 0.15) is 16.5 Å². The third-order valence-electron chi connectivity index (χ3n) is 4.84. The van der Waals surface area contributed by atoms with Crippen molar-refractivity contribution in [3.63, 3.8) is 0 Å². The summed E-state index contributed by atoms with van der Waals surface area (Å²) in [6.07, 6.45) is -1.35. The molecule has 0 aliphatic rings. The van der Waals surface area contributed by atoms with Gasteiger partial charge in [0.15, 0.2) is 0 Å². The Morgan fingerprint density at radius 3 is 2.21 bits per heavy atom. The summed E-state index contributed by atoms with van der Waals surface area (Å²) < 4.78 is 50.2. The minimum absolute atomic E-state index is 0.0545. The van der Waals surface area contributed by atoms with E-state index in [0.29, 0.717) is 11.3 Å². The third-order valence-corrected chi connectivity index (χ3v) is 6.67. The summed E-state index contributed by atoms with van der Waals surface area (Å²) >= 11 is 0. The highest BCUT2D eigenvalue weighted by molar-refractivity contribution is 7.89. The number of carbonyl (C=O) groups excluding carboxylic acids is 2. The van der Waals surface area contributed by atoms with Gasteiger partial charge >= 0.3 is 5.97 Å². The molecule has 0 fully saturated rings. The fourth-order valence-electron chi connectivity index (χ4n) is 3.02. The maximum Gasteiger partial charge on any atom is 0.339 e. The maximum atomic E-state index is 13.2. The zero-order valence-electron chi connectivity index (χ0n) is 18.7. The highest BCUT2D eigenvalue weighted by Crippen LogP contribution is 2.28. The van der Waals surface area contributed by atoms with E-state index in [9.17, 15) is 22.4 Å². The van der Waals surface area contributed by atoms with Crippen molar-refractivity contribution in [2.24, 2.45) is 0 Å². The molecule has 0 aromatic heterocycles. The Labute approximate surface area is 197 Å². The fraction of sp³-hybridized carbons (Fsp3) is 0.167. The molecule has 0 saturated heterocycles. The van der Waals surface area contributed by atoms with Crippen LogP contribution in [0.3, 0.4) is 0 Å². The molecule has 0 aliphatic carbocycles. The summed E-state index contributed by atoms with van der Waals surface area (Å²) in [5.41, 5.74) is 0.619. The van der Waals surface area contributed by atoms with Crippen LogP contribution in [-0.2, 0) is 19.6 Å². The molecule has 10 heteroatoms. The van der Waals surface area contributed by atoms with Gasteiger partial charge in [0.2, 0.25) is 16.1 Å². The summed E-state index contributed by atoms with van der Waals surface area (Å²) in [6.45, 7) is 0. The number of benzene rings is 3. The standard InChI is InChI=1S/C24H23FN2O6S/c1-27(2)34(30,31)21-15-17(9-14-20(21)32-3)24(29)33-22(16-7-5-4-6-8-16)23(28)26-19-12-10-18(25)11-13-19/h4-15,22H,1-3H3,(H,26,28). The van der Waals surface area contributed by atoms with Gasteiger partial charge in [-0.15, -0.1) is 0 Å². The summed E-state index contributed by atoms with van der Waals surface area (Å²) in [6, 6.07) is 17.2. The number of nitrogens with one attached hydrogen (secondary N) is 1. The number of anilines is 1. The second kappa shape index (κ2) is 10.4. The molecule has 1 unspecified atom stereocenters. The number of ether oxygens (including phenoxy) is 2. The first-order valence-electron chi connectivity index (χ1n) is 10.1. The van der Waals surface area contributed by atoms with Crippen LogP contribution in [0.15, 0.2) is 77.7 Å². The maximum absolute atomic E-state index is 13.2. The van der Waals surface area contributed by atoms with Gasteiger partial charge in [0, 0.05) is 25.3 Å². The Morgan fingerprint density at radius 2 is 1.62 bits per heavy atom. The van der Waals surface area contributed by atoms with E-state index >= 15 is 0 Å². The van der Waals surface area contributed by atoms with Gasteiger partial charge < -0.3 is 14.8 Å². The quantitative estimate of drug-likeness (QED) is 0.488. The van der Waals surface area contributed by atoms with E-state index in [1.165, 1.54) is 57.6 Å². The summed E-state index contributed by atoms with van der Waals surface area (Å²) in [4.78, 5) is 25.7. The van der Waals surface area contributed by atoms with Crippen LogP contribution in [0.4, 0.5) is 10.1 Å². The molecule has 3 aromatic carbocycles. The third kappa shape index (κ3) is 5.59. The van der Waals surface area contributed by atoms with Gasteiger partial charge in [-0.25, -0.2) is 21.9 Å². The smallest absolute Gasteiger partial charge is 0.339 e.